The lowest BCUT2D eigenvalue weighted by molar-refractivity contribution is -0.138. The number of rotatable bonds is 4. The van der Waals surface area contributed by atoms with E-state index in [0.717, 1.165) is 18.2 Å². The Morgan fingerprint density at radius 2 is 1.55 bits per heavy atom. The highest BCUT2D eigenvalue weighted by Gasteiger charge is 2.34. The summed E-state index contributed by atoms with van der Waals surface area (Å²) in [5.41, 5.74) is -1.40. The molecule has 3 aromatic carbocycles. The van der Waals surface area contributed by atoms with E-state index in [1.165, 1.54) is 36.5 Å². The standard InChI is InChI=1S/C23H13ClF6N2O/c24-15-7-8-19(22(25,26)27)14(9-15)12-33-16-4-1-3-13(10-16)18-11-31-32-21-17(18)5-2-6-20(21)23(28,29)30/h1-11H,12H2. The summed E-state index contributed by atoms with van der Waals surface area (Å²) >= 11 is 5.84. The first-order valence-electron chi connectivity index (χ1n) is 9.44. The van der Waals surface area contributed by atoms with Crippen LogP contribution in [0.4, 0.5) is 26.3 Å². The predicted octanol–water partition coefficient (Wildman–Crippen LogP) is 7.57. The Kier molecular flexibility index (Phi) is 5.92. The van der Waals surface area contributed by atoms with Crippen molar-refractivity contribution in [3.63, 3.8) is 0 Å². The second kappa shape index (κ2) is 8.55. The molecule has 4 aromatic rings. The third-order valence-electron chi connectivity index (χ3n) is 4.89. The van der Waals surface area contributed by atoms with Gasteiger partial charge in [0, 0.05) is 21.5 Å². The van der Waals surface area contributed by atoms with E-state index >= 15 is 0 Å². The molecule has 0 saturated carbocycles. The maximum Gasteiger partial charge on any atom is 0.418 e. The molecular formula is C23H13ClF6N2O. The van der Waals surface area contributed by atoms with Gasteiger partial charge in [0.15, 0.2) is 0 Å². The van der Waals surface area contributed by atoms with Crippen molar-refractivity contribution in [2.45, 2.75) is 19.0 Å². The van der Waals surface area contributed by atoms with Crippen molar-refractivity contribution >= 4 is 22.5 Å². The molecule has 0 unspecified atom stereocenters. The Balaban J connectivity index is 1.68. The highest BCUT2D eigenvalue weighted by Crippen LogP contribution is 2.37. The van der Waals surface area contributed by atoms with Crippen LogP contribution in [0.15, 0.2) is 66.9 Å². The van der Waals surface area contributed by atoms with Gasteiger partial charge in [0.25, 0.3) is 0 Å². The van der Waals surface area contributed by atoms with Crippen LogP contribution in [0.1, 0.15) is 16.7 Å². The minimum Gasteiger partial charge on any atom is -0.489 e. The van der Waals surface area contributed by atoms with E-state index in [-0.39, 0.29) is 27.2 Å². The Labute approximate surface area is 188 Å². The van der Waals surface area contributed by atoms with Gasteiger partial charge in [-0.15, -0.1) is 5.10 Å². The second-order valence-corrected chi connectivity index (χ2v) is 7.51. The van der Waals surface area contributed by atoms with Gasteiger partial charge < -0.3 is 4.74 Å². The average molecular weight is 483 g/mol. The number of alkyl halides is 6. The van der Waals surface area contributed by atoms with E-state index in [1.54, 1.807) is 12.1 Å². The highest BCUT2D eigenvalue weighted by atomic mass is 35.5. The lowest BCUT2D eigenvalue weighted by Crippen LogP contribution is -2.11. The number of fused-ring (bicyclic) bond motifs is 1. The normalized spacial score (nSPS) is 12.2. The minimum absolute atomic E-state index is 0.130. The van der Waals surface area contributed by atoms with Gasteiger partial charge >= 0.3 is 12.4 Å². The van der Waals surface area contributed by atoms with Gasteiger partial charge in [-0.1, -0.05) is 35.9 Å². The highest BCUT2D eigenvalue weighted by molar-refractivity contribution is 6.30. The van der Waals surface area contributed by atoms with Crippen LogP contribution in [-0.2, 0) is 19.0 Å². The van der Waals surface area contributed by atoms with Crippen LogP contribution in [0.25, 0.3) is 22.0 Å². The molecule has 1 heterocycles. The molecule has 0 radical (unpaired) electrons. The molecule has 0 atom stereocenters. The fourth-order valence-corrected chi connectivity index (χ4v) is 3.61. The first-order valence-corrected chi connectivity index (χ1v) is 9.82. The lowest BCUT2D eigenvalue weighted by atomic mass is 10.0. The molecule has 10 heteroatoms. The zero-order valence-corrected chi connectivity index (χ0v) is 17.3. The molecule has 0 saturated heterocycles. The summed E-state index contributed by atoms with van der Waals surface area (Å²) in [6.45, 7) is -0.410. The third kappa shape index (κ3) is 4.88. The van der Waals surface area contributed by atoms with Crippen LogP contribution in [0, 0.1) is 0 Å². The number of ether oxygens (including phenoxy) is 1. The van der Waals surface area contributed by atoms with Gasteiger partial charge in [0.1, 0.15) is 17.9 Å². The van der Waals surface area contributed by atoms with Gasteiger partial charge in [0.05, 0.1) is 17.3 Å². The molecule has 0 aliphatic carbocycles. The van der Waals surface area contributed by atoms with Crippen LogP contribution in [0.2, 0.25) is 5.02 Å². The van der Waals surface area contributed by atoms with Crippen molar-refractivity contribution in [2.75, 3.05) is 0 Å². The van der Waals surface area contributed by atoms with E-state index < -0.39 is 30.1 Å². The van der Waals surface area contributed by atoms with Gasteiger partial charge in [-0.3, -0.25) is 0 Å². The maximum absolute atomic E-state index is 13.3. The van der Waals surface area contributed by atoms with E-state index in [1.807, 2.05) is 0 Å². The smallest absolute Gasteiger partial charge is 0.418 e. The molecule has 33 heavy (non-hydrogen) atoms. The number of halogens is 7. The van der Waals surface area contributed by atoms with Crippen molar-refractivity contribution in [1.29, 1.82) is 0 Å². The molecule has 170 valence electrons. The average Bonchev–Trinajstić information content (AvgIpc) is 2.75. The summed E-state index contributed by atoms with van der Waals surface area (Å²) in [7, 11) is 0. The zero-order valence-electron chi connectivity index (χ0n) is 16.5. The summed E-state index contributed by atoms with van der Waals surface area (Å²) in [4.78, 5) is 0. The molecule has 4 rings (SSSR count). The predicted molar refractivity (Wildman–Crippen MR) is 111 cm³/mol. The Bertz CT molecular complexity index is 1320. The van der Waals surface area contributed by atoms with E-state index in [4.69, 9.17) is 16.3 Å². The molecule has 0 aliphatic heterocycles. The number of hydrogen-bond acceptors (Lipinski definition) is 3. The zero-order chi connectivity index (χ0) is 23.8. The number of aromatic nitrogens is 2. The molecule has 3 nitrogen and oxygen atoms in total. The molecular weight excluding hydrogens is 470 g/mol. The van der Waals surface area contributed by atoms with Crippen molar-refractivity contribution in [3.8, 4) is 16.9 Å². The Hall–Kier alpha value is -3.33. The first kappa shape index (κ1) is 22.8. The minimum atomic E-state index is -4.61. The fourth-order valence-electron chi connectivity index (χ4n) is 3.41. The number of nitrogens with zero attached hydrogens (tertiary/aromatic N) is 2. The van der Waals surface area contributed by atoms with Crippen molar-refractivity contribution in [2.24, 2.45) is 0 Å². The van der Waals surface area contributed by atoms with Crippen LogP contribution in [-0.4, -0.2) is 10.2 Å². The molecule has 0 aliphatic rings. The summed E-state index contributed by atoms with van der Waals surface area (Å²) in [5, 5.41) is 7.72. The van der Waals surface area contributed by atoms with Crippen molar-refractivity contribution in [3.05, 3.63) is 88.6 Å². The summed E-state index contributed by atoms with van der Waals surface area (Å²) < 4.78 is 85.4. The number of benzene rings is 3. The molecule has 0 spiro atoms. The van der Waals surface area contributed by atoms with Crippen LogP contribution in [0.3, 0.4) is 0 Å². The van der Waals surface area contributed by atoms with Gasteiger partial charge in [-0.05, 0) is 42.0 Å². The molecule has 1 aromatic heterocycles. The summed E-state index contributed by atoms with van der Waals surface area (Å²) in [5.74, 6) is 0.220. The van der Waals surface area contributed by atoms with Crippen molar-refractivity contribution in [1.82, 2.24) is 10.2 Å². The van der Waals surface area contributed by atoms with Crippen LogP contribution < -0.4 is 4.74 Å². The largest absolute Gasteiger partial charge is 0.489 e. The monoisotopic (exact) mass is 482 g/mol. The first-order chi connectivity index (χ1) is 15.5. The maximum atomic E-state index is 13.3. The molecule has 0 N–H and O–H groups in total. The summed E-state index contributed by atoms with van der Waals surface area (Å²) in [6, 6.07) is 13.1. The van der Waals surface area contributed by atoms with Crippen LogP contribution >= 0.6 is 11.6 Å². The molecule has 0 amide bonds. The number of hydrogen-bond donors (Lipinski definition) is 0. The lowest BCUT2D eigenvalue weighted by Gasteiger charge is -2.15. The quantitative estimate of drug-likeness (QED) is 0.281. The van der Waals surface area contributed by atoms with E-state index in [2.05, 4.69) is 10.2 Å². The van der Waals surface area contributed by atoms with Gasteiger partial charge in [-0.2, -0.15) is 31.4 Å². The van der Waals surface area contributed by atoms with Crippen molar-refractivity contribution < 1.29 is 31.1 Å². The fraction of sp³-hybridized carbons (Fsp3) is 0.130. The van der Waals surface area contributed by atoms with Gasteiger partial charge in [-0.25, -0.2) is 0 Å². The summed E-state index contributed by atoms with van der Waals surface area (Å²) in [6.07, 6.45) is -7.87. The third-order valence-corrected chi connectivity index (χ3v) is 5.12. The SMILES string of the molecule is FC(F)(F)c1ccc(Cl)cc1COc1cccc(-c2cnnc3c(C(F)(F)F)cccc23)c1. The van der Waals surface area contributed by atoms with Gasteiger partial charge in [0.2, 0.25) is 0 Å². The second-order valence-electron chi connectivity index (χ2n) is 7.07. The molecule has 0 bridgehead atoms. The topological polar surface area (TPSA) is 35.0 Å². The Morgan fingerprint density at radius 3 is 2.27 bits per heavy atom. The van der Waals surface area contributed by atoms with E-state index in [0.29, 0.717) is 11.1 Å². The Morgan fingerprint density at radius 1 is 0.818 bits per heavy atom. The molecule has 0 fully saturated rings. The van der Waals surface area contributed by atoms with Crippen LogP contribution in [0.5, 0.6) is 5.75 Å². The van der Waals surface area contributed by atoms with E-state index in [9.17, 15) is 26.3 Å².